The number of carbonyl (C=O) groups excluding carboxylic acids is 1. The van der Waals surface area contributed by atoms with Gasteiger partial charge in [-0.2, -0.15) is 0 Å². The van der Waals surface area contributed by atoms with Gasteiger partial charge in [-0.1, -0.05) is 18.5 Å². The normalized spacial score (nSPS) is 13.7. The van der Waals surface area contributed by atoms with Crippen LogP contribution in [0.1, 0.15) is 60.0 Å². The van der Waals surface area contributed by atoms with Crippen molar-refractivity contribution in [1.82, 2.24) is 19.4 Å². The van der Waals surface area contributed by atoms with Gasteiger partial charge in [0.2, 0.25) is 0 Å². The predicted molar refractivity (Wildman–Crippen MR) is 119 cm³/mol. The van der Waals surface area contributed by atoms with E-state index in [1.165, 1.54) is 15.9 Å². The van der Waals surface area contributed by atoms with Gasteiger partial charge in [0, 0.05) is 29.6 Å². The molecule has 1 aliphatic carbocycles. The van der Waals surface area contributed by atoms with Gasteiger partial charge in [0.05, 0.1) is 21.8 Å². The summed E-state index contributed by atoms with van der Waals surface area (Å²) in [7, 11) is 0. The van der Waals surface area contributed by atoms with E-state index in [0.717, 1.165) is 23.4 Å². The Labute approximate surface area is 182 Å². The Morgan fingerprint density at radius 2 is 2.10 bits per heavy atom. The first-order valence-corrected chi connectivity index (χ1v) is 11.3. The van der Waals surface area contributed by atoms with Crippen molar-refractivity contribution in [3.05, 3.63) is 59.5 Å². The van der Waals surface area contributed by atoms with Crippen LogP contribution < -0.4 is 11.2 Å². The number of nitrogens with zero attached hydrogens (tertiary/aromatic N) is 3. The quantitative estimate of drug-likeness (QED) is 0.598. The Morgan fingerprint density at radius 3 is 2.70 bits per heavy atom. The van der Waals surface area contributed by atoms with E-state index >= 15 is 0 Å². The lowest BCUT2D eigenvalue weighted by molar-refractivity contribution is 0.0756. The number of aromatic amines is 1. The summed E-state index contributed by atoms with van der Waals surface area (Å²) < 4.78 is 2.13. The monoisotopic (exact) mass is 446 g/mol. The largest absolute Gasteiger partial charge is 0.334 e. The molecule has 1 saturated carbocycles. The first-order chi connectivity index (χ1) is 14.4. The lowest BCUT2D eigenvalue weighted by atomic mass is 10.1. The molecule has 0 aromatic carbocycles. The van der Waals surface area contributed by atoms with Gasteiger partial charge in [0.1, 0.15) is 0 Å². The maximum Gasteiger partial charge on any atom is 0.329 e. The van der Waals surface area contributed by atoms with Crippen LogP contribution >= 0.6 is 22.9 Å². The molecule has 1 N–H and O–H groups in total. The van der Waals surface area contributed by atoms with Crippen molar-refractivity contribution >= 4 is 39.9 Å². The zero-order chi connectivity index (χ0) is 21.4. The lowest BCUT2D eigenvalue weighted by Crippen LogP contribution is -2.35. The van der Waals surface area contributed by atoms with Crippen molar-refractivity contribution in [3.8, 4) is 0 Å². The van der Waals surface area contributed by atoms with E-state index in [1.54, 1.807) is 17.0 Å². The average molecular weight is 447 g/mol. The third kappa shape index (κ3) is 3.94. The van der Waals surface area contributed by atoms with Gasteiger partial charge in [-0.15, -0.1) is 11.3 Å². The van der Waals surface area contributed by atoms with E-state index in [-0.39, 0.29) is 17.2 Å². The summed E-state index contributed by atoms with van der Waals surface area (Å²) in [5, 5.41) is 0.181. The Hall–Kier alpha value is -2.45. The fourth-order valence-electron chi connectivity index (χ4n) is 3.60. The number of fused-ring (bicyclic) bond motifs is 1. The molecular weight excluding hydrogens is 424 g/mol. The number of thiophene rings is 1. The molecule has 0 saturated heterocycles. The lowest BCUT2D eigenvalue weighted by Gasteiger charge is -2.21. The van der Waals surface area contributed by atoms with E-state index in [1.807, 2.05) is 19.9 Å². The minimum Gasteiger partial charge on any atom is -0.334 e. The highest BCUT2D eigenvalue weighted by Gasteiger charge is 2.29. The third-order valence-electron chi connectivity index (χ3n) is 5.29. The standard InChI is InChI=1S/C21H23ClN4O3S/c1-3-9-26-18-17(19(27)24-21(26)29)14(10-15(23-18)12-5-6-12)20(28)25(4-2)11-13-7-8-16(22)30-13/h7-8,10,12H,3-6,9,11H2,1-2H3,(H,24,27,29). The number of aryl methyl sites for hydroxylation is 1. The van der Waals surface area contributed by atoms with Crippen molar-refractivity contribution in [2.45, 2.75) is 52.1 Å². The van der Waals surface area contributed by atoms with E-state index in [0.29, 0.717) is 41.6 Å². The highest BCUT2D eigenvalue weighted by atomic mass is 35.5. The molecule has 9 heteroatoms. The molecule has 0 radical (unpaired) electrons. The summed E-state index contributed by atoms with van der Waals surface area (Å²) in [5.41, 5.74) is 0.312. The summed E-state index contributed by atoms with van der Waals surface area (Å²) in [6.45, 7) is 5.15. The summed E-state index contributed by atoms with van der Waals surface area (Å²) in [6, 6.07) is 5.44. The van der Waals surface area contributed by atoms with Crippen molar-refractivity contribution < 1.29 is 4.79 Å². The number of rotatable bonds is 7. The molecule has 3 heterocycles. The van der Waals surface area contributed by atoms with Gasteiger partial charge < -0.3 is 4.90 Å². The van der Waals surface area contributed by atoms with Crippen LogP contribution in [-0.4, -0.2) is 31.9 Å². The number of carbonyl (C=O) groups is 1. The van der Waals surface area contributed by atoms with E-state index in [4.69, 9.17) is 11.6 Å². The molecule has 4 rings (SSSR count). The number of amides is 1. The van der Waals surface area contributed by atoms with Crippen LogP contribution in [0.4, 0.5) is 0 Å². The molecule has 0 aliphatic heterocycles. The van der Waals surface area contributed by atoms with Gasteiger partial charge in [-0.05, 0) is 44.4 Å². The average Bonchev–Trinajstić information content (AvgIpc) is 3.50. The van der Waals surface area contributed by atoms with E-state index in [2.05, 4.69) is 9.97 Å². The second-order valence-electron chi connectivity index (χ2n) is 7.50. The van der Waals surface area contributed by atoms with E-state index < -0.39 is 11.2 Å². The van der Waals surface area contributed by atoms with Crippen LogP contribution in [0.5, 0.6) is 0 Å². The summed E-state index contributed by atoms with van der Waals surface area (Å²) in [4.78, 5) is 48.4. The third-order valence-corrected chi connectivity index (χ3v) is 6.50. The van der Waals surface area contributed by atoms with Gasteiger partial charge >= 0.3 is 5.69 Å². The molecule has 7 nitrogen and oxygen atoms in total. The summed E-state index contributed by atoms with van der Waals surface area (Å²) in [6.07, 6.45) is 2.71. The number of hydrogen-bond donors (Lipinski definition) is 1. The molecule has 0 unspecified atom stereocenters. The second-order valence-corrected chi connectivity index (χ2v) is 9.30. The Balaban J connectivity index is 1.87. The van der Waals surface area contributed by atoms with Crippen molar-refractivity contribution in [2.24, 2.45) is 0 Å². The molecule has 1 amide bonds. The molecule has 3 aromatic rings. The second kappa shape index (κ2) is 8.35. The fourth-order valence-corrected chi connectivity index (χ4v) is 4.71. The van der Waals surface area contributed by atoms with Gasteiger partial charge in [-0.3, -0.25) is 19.1 Å². The van der Waals surface area contributed by atoms with Crippen molar-refractivity contribution in [3.63, 3.8) is 0 Å². The van der Waals surface area contributed by atoms with Gasteiger partial charge in [-0.25, -0.2) is 9.78 Å². The maximum atomic E-state index is 13.5. The smallest absolute Gasteiger partial charge is 0.329 e. The highest BCUT2D eigenvalue weighted by Crippen LogP contribution is 2.40. The van der Waals surface area contributed by atoms with Gasteiger partial charge in [0.15, 0.2) is 5.65 Å². The molecule has 0 spiro atoms. The van der Waals surface area contributed by atoms with Crippen LogP contribution in [-0.2, 0) is 13.1 Å². The number of pyridine rings is 1. The molecule has 0 atom stereocenters. The zero-order valence-corrected chi connectivity index (χ0v) is 18.5. The minimum absolute atomic E-state index is 0.181. The van der Waals surface area contributed by atoms with Crippen LogP contribution in [0.25, 0.3) is 11.0 Å². The number of nitrogens with one attached hydrogen (secondary N) is 1. The molecular formula is C21H23ClN4O3S. The van der Waals surface area contributed by atoms with E-state index in [9.17, 15) is 14.4 Å². The maximum absolute atomic E-state index is 13.5. The van der Waals surface area contributed by atoms with Crippen molar-refractivity contribution in [1.29, 1.82) is 0 Å². The SMILES string of the molecule is CCCn1c(=O)[nH]c(=O)c2c(C(=O)N(CC)Cc3ccc(Cl)s3)cc(C3CC3)nc21. The van der Waals surface area contributed by atoms with Gasteiger partial charge in [0.25, 0.3) is 11.5 Å². The molecule has 1 aliphatic rings. The minimum atomic E-state index is -0.573. The molecule has 1 fully saturated rings. The molecule has 158 valence electrons. The Bertz CT molecular complexity index is 1230. The molecule has 3 aromatic heterocycles. The van der Waals surface area contributed by atoms with Crippen LogP contribution in [0.2, 0.25) is 4.34 Å². The van der Waals surface area contributed by atoms with Crippen molar-refractivity contribution in [2.75, 3.05) is 6.54 Å². The number of hydrogen-bond acceptors (Lipinski definition) is 5. The number of H-pyrrole nitrogens is 1. The van der Waals surface area contributed by atoms with Crippen LogP contribution in [0.15, 0.2) is 27.8 Å². The molecule has 30 heavy (non-hydrogen) atoms. The summed E-state index contributed by atoms with van der Waals surface area (Å²) >= 11 is 7.46. The predicted octanol–water partition coefficient (Wildman–Crippen LogP) is 3.75. The van der Waals surface area contributed by atoms with Crippen LogP contribution in [0, 0.1) is 0 Å². The Kier molecular flexibility index (Phi) is 5.79. The number of aromatic nitrogens is 3. The Morgan fingerprint density at radius 1 is 1.33 bits per heavy atom. The highest BCUT2D eigenvalue weighted by molar-refractivity contribution is 7.16. The van der Waals surface area contributed by atoms with Crippen LogP contribution in [0.3, 0.4) is 0 Å². The molecule has 0 bridgehead atoms. The summed E-state index contributed by atoms with van der Waals surface area (Å²) in [5.74, 6) is 0.0279. The zero-order valence-electron chi connectivity index (χ0n) is 16.9. The first-order valence-electron chi connectivity index (χ1n) is 10.1. The fraction of sp³-hybridized carbons (Fsp3) is 0.429. The topological polar surface area (TPSA) is 88.1 Å². The first kappa shape index (κ1) is 20.8. The number of halogens is 1.